The number of para-hydroxylation sites is 2. The van der Waals surface area contributed by atoms with Crippen molar-refractivity contribution in [3.05, 3.63) is 59.7 Å². The van der Waals surface area contributed by atoms with Crippen molar-refractivity contribution >= 4 is 17.5 Å². The van der Waals surface area contributed by atoms with Gasteiger partial charge in [0.2, 0.25) is 0 Å². The Hall–Kier alpha value is -2.82. The van der Waals surface area contributed by atoms with Crippen LogP contribution in [0, 0.1) is 5.92 Å². The third-order valence-corrected chi connectivity index (χ3v) is 5.44. The number of benzene rings is 2. The maximum atomic E-state index is 13.3. The van der Waals surface area contributed by atoms with E-state index in [0.717, 1.165) is 25.7 Å². The summed E-state index contributed by atoms with van der Waals surface area (Å²) in [5, 5.41) is 3.15. The van der Waals surface area contributed by atoms with Gasteiger partial charge in [-0.2, -0.15) is 0 Å². The van der Waals surface area contributed by atoms with Crippen LogP contribution in [0.1, 0.15) is 66.7 Å². The highest BCUT2D eigenvalue weighted by atomic mass is 16.5. The summed E-state index contributed by atoms with van der Waals surface area (Å²) in [5.41, 5.74) is 1.59. The van der Waals surface area contributed by atoms with Gasteiger partial charge >= 0.3 is 0 Å². The van der Waals surface area contributed by atoms with Crippen molar-refractivity contribution in [2.45, 2.75) is 52.0 Å². The van der Waals surface area contributed by atoms with Crippen LogP contribution in [0.25, 0.3) is 0 Å². The molecule has 5 heteroatoms. The zero-order valence-electron chi connectivity index (χ0n) is 18.2. The maximum absolute atomic E-state index is 13.3. The van der Waals surface area contributed by atoms with Gasteiger partial charge < -0.3 is 15.0 Å². The summed E-state index contributed by atoms with van der Waals surface area (Å²) in [4.78, 5) is 27.8. The van der Waals surface area contributed by atoms with Gasteiger partial charge in [-0.05, 0) is 43.0 Å². The molecule has 0 radical (unpaired) electrons. The molecule has 1 saturated carbocycles. The molecule has 0 aliphatic heterocycles. The van der Waals surface area contributed by atoms with Crippen molar-refractivity contribution in [2.24, 2.45) is 5.92 Å². The largest absolute Gasteiger partial charge is 0.492 e. The van der Waals surface area contributed by atoms with Crippen molar-refractivity contribution in [1.82, 2.24) is 5.32 Å². The first-order valence-electron chi connectivity index (χ1n) is 10.9. The van der Waals surface area contributed by atoms with Crippen LogP contribution in [0.5, 0.6) is 5.75 Å². The predicted octanol–water partition coefficient (Wildman–Crippen LogP) is 5.06. The highest BCUT2D eigenvalue weighted by Crippen LogP contribution is 2.26. The second-order valence-electron chi connectivity index (χ2n) is 8.39. The van der Waals surface area contributed by atoms with E-state index in [4.69, 9.17) is 4.74 Å². The Labute approximate surface area is 179 Å². The molecule has 2 aromatic rings. The Balaban J connectivity index is 1.81. The summed E-state index contributed by atoms with van der Waals surface area (Å²) < 4.78 is 5.86. The van der Waals surface area contributed by atoms with Crippen LogP contribution in [-0.4, -0.2) is 31.5 Å². The van der Waals surface area contributed by atoms with E-state index < -0.39 is 0 Å². The minimum Gasteiger partial charge on any atom is -0.492 e. The lowest BCUT2D eigenvalue weighted by Crippen LogP contribution is -2.37. The molecule has 1 aliphatic rings. The lowest BCUT2D eigenvalue weighted by Gasteiger charge is -2.25. The quantitative estimate of drug-likeness (QED) is 0.697. The van der Waals surface area contributed by atoms with Crippen molar-refractivity contribution in [2.75, 3.05) is 18.6 Å². The number of ether oxygens (including phenoxy) is 1. The van der Waals surface area contributed by atoms with E-state index in [-0.39, 0.29) is 17.9 Å². The fourth-order valence-electron chi connectivity index (χ4n) is 3.78. The van der Waals surface area contributed by atoms with Crippen LogP contribution in [0.15, 0.2) is 48.5 Å². The minimum absolute atomic E-state index is 0.124. The molecule has 0 atom stereocenters. The topological polar surface area (TPSA) is 58.6 Å². The summed E-state index contributed by atoms with van der Waals surface area (Å²) in [5.74, 6) is 0.594. The van der Waals surface area contributed by atoms with Crippen molar-refractivity contribution in [1.29, 1.82) is 0 Å². The van der Waals surface area contributed by atoms with E-state index in [0.29, 0.717) is 35.1 Å². The number of carbonyl (C=O) groups excluding carboxylic acids is 2. The number of nitrogens with one attached hydrogen (secondary N) is 1. The Bertz CT molecular complexity index is 872. The number of rotatable bonds is 7. The van der Waals surface area contributed by atoms with E-state index in [1.165, 1.54) is 11.3 Å². The molecule has 5 nitrogen and oxygen atoms in total. The standard InChI is InChI=1S/C25H32N2O3/c1-18(2)17-30-23-16-10-8-14-21(23)25(29)27(3)22-15-9-7-13-20(22)24(28)26-19-11-5-4-6-12-19/h7-10,13-16,18-19H,4-6,11-12,17H2,1-3H3,(H,26,28). The fraction of sp³-hybridized carbons (Fsp3) is 0.440. The average molecular weight is 409 g/mol. The number of nitrogens with zero attached hydrogens (tertiary/aromatic N) is 1. The Kier molecular flexibility index (Phi) is 7.50. The second-order valence-corrected chi connectivity index (χ2v) is 8.39. The summed E-state index contributed by atoms with van der Waals surface area (Å²) in [6.45, 7) is 4.67. The molecule has 0 saturated heterocycles. The first-order chi connectivity index (χ1) is 14.5. The van der Waals surface area contributed by atoms with Crippen LogP contribution in [0.4, 0.5) is 5.69 Å². The smallest absolute Gasteiger partial charge is 0.261 e. The minimum atomic E-state index is -0.202. The van der Waals surface area contributed by atoms with Crippen molar-refractivity contribution in [3.63, 3.8) is 0 Å². The van der Waals surface area contributed by atoms with Gasteiger partial charge in [0.15, 0.2) is 0 Å². The summed E-state index contributed by atoms with van der Waals surface area (Å²) in [6, 6.07) is 14.7. The fourth-order valence-corrected chi connectivity index (χ4v) is 3.78. The van der Waals surface area contributed by atoms with Crippen molar-refractivity contribution in [3.8, 4) is 5.75 Å². The lowest BCUT2D eigenvalue weighted by molar-refractivity contribution is 0.0928. The van der Waals surface area contributed by atoms with Gasteiger partial charge in [0.25, 0.3) is 11.8 Å². The van der Waals surface area contributed by atoms with Gasteiger partial charge in [0.05, 0.1) is 23.4 Å². The number of hydrogen-bond donors (Lipinski definition) is 1. The summed E-state index contributed by atoms with van der Waals surface area (Å²) >= 11 is 0. The third-order valence-electron chi connectivity index (χ3n) is 5.44. The molecule has 30 heavy (non-hydrogen) atoms. The lowest BCUT2D eigenvalue weighted by atomic mass is 9.95. The summed E-state index contributed by atoms with van der Waals surface area (Å²) in [6.07, 6.45) is 5.57. The second kappa shape index (κ2) is 10.3. The molecule has 2 aromatic carbocycles. The molecule has 0 bridgehead atoms. The van der Waals surface area contributed by atoms with Crippen LogP contribution in [0.3, 0.4) is 0 Å². The average Bonchev–Trinajstić information content (AvgIpc) is 2.77. The van der Waals surface area contributed by atoms with Gasteiger partial charge in [-0.1, -0.05) is 57.4 Å². The first kappa shape index (κ1) is 21.9. The predicted molar refractivity (Wildman–Crippen MR) is 120 cm³/mol. The molecule has 0 heterocycles. The van der Waals surface area contributed by atoms with Gasteiger partial charge in [-0.25, -0.2) is 0 Å². The number of carbonyl (C=O) groups is 2. The Morgan fingerprint density at radius 2 is 1.63 bits per heavy atom. The Morgan fingerprint density at radius 3 is 2.33 bits per heavy atom. The number of hydrogen-bond acceptors (Lipinski definition) is 3. The molecule has 0 spiro atoms. The Morgan fingerprint density at radius 1 is 1.00 bits per heavy atom. The van der Waals surface area contributed by atoms with Gasteiger partial charge in [0, 0.05) is 13.1 Å². The maximum Gasteiger partial charge on any atom is 0.261 e. The molecule has 0 aromatic heterocycles. The van der Waals surface area contributed by atoms with Gasteiger partial charge in [-0.3, -0.25) is 9.59 Å². The van der Waals surface area contributed by atoms with E-state index in [9.17, 15) is 9.59 Å². The van der Waals surface area contributed by atoms with Crippen LogP contribution < -0.4 is 15.0 Å². The molecule has 160 valence electrons. The van der Waals surface area contributed by atoms with Crippen LogP contribution >= 0.6 is 0 Å². The van der Waals surface area contributed by atoms with Crippen molar-refractivity contribution < 1.29 is 14.3 Å². The van der Waals surface area contributed by atoms with E-state index in [1.807, 2.05) is 36.4 Å². The van der Waals surface area contributed by atoms with E-state index in [2.05, 4.69) is 19.2 Å². The summed E-state index contributed by atoms with van der Waals surface area (Å²) in [7, 11) is 1.70. The molecule has 1 N–H and O–H groups in total. The molecular weight excluding hydrogens is 376 g/mol. The number of anilines is 1. The van der Waals surface area contributed by atoms with Gasteiger partial charge in [0.1, 0.15) is 5.75 Å². The van der Waals surface area contributed by atoms with Crippen LogP contribution in [-0.2, 0) is 0 Å². The third kappa shape index (κ3) is 5.41. The molecule has 3 rings (SSSR count). The molecule has 0 unspecified atom stereocenters. The SMILES string of the molecule is CC(C)COc1ccccc1C(=O)N(C)c1ccccc1C(=O)NC1CCCCC1. The molecule has 1 fully saturated rings. The molecular formula is C25H32N2O3. The zero-order valence-corrected chi connectivity index (χ0v) is 18.2. The highest BCUT2D eigenvalue weighted by molar-refractivity contribution is 6.11. The molecule has 1 aliphatic carbocycles. The van der Waals surface area contributed by atoms with E-state index >= 15 is 0 Å². The van der Waals surface area contributed by atoms with Crippen LogP contribution in [0.2, 0.25) is 0 Å². The highest BCUT2D eigenvalue weighted by Gasteiger charge is 2.24. The number of amides is 2. The molecule has 2 amide bonds. The van der Waals surface area contributed by atoms with E-state index in [1.54, 1.807) is 19.2 Å². The zero-order chi connectivity index (χ0) is 21.5. The van der Waals surface area contributed by atoms with Gasteiger partial charge in [-0.15, -0.1) is 0 Å². The first-order valence-corrected chi connectivity index (χ1v) is 10.9. The normalized spacial score (nSPS) is 14.4. The monoisotopic (exact) mass is 408 g/mol.